The highest BCUT2D eigenvalue weighted by Crippen LogP contribution is 2.20. The minimum absolute atomic E-state index is 0.120. The quantitative estimate of drug-likeness (QED) is 0.669. The molecule has 154 valence electrons. The van der Waals surface area contributed by atoms with Crippen LogP contribution in [0.2, 0.25) is 0 Å². The summed E-state index contributed by atoms with van der Waals surface area (Å²) in [5, 5.41) is 2.93. The standard InChI is InChI=1S/C23H35N3O2/c1-8-18(6)24-23(27)21-14-28-22(25-21)13-26(19(7)15(2)3)12-20-10-9-16(4)11-17(20)5/h9-11,14-15,18-19H,8,12-13H2,1-7H3,(H,24,27)/t18-,19-/m0/s1. The zero-order valence-electron chi connectivity index (χ0n) is 18.4. The first-order valence-electron chi connectivity index (χ1n) is 10.3. The van der Waals surface area contributed by atoms with Crippen molar-refractivity contribution in [1.29, 1.82) is 0 Å². The van der Waals surface area contributed by atoms with Gasteiger partial charge in [0.1, 0.15) is 6.26 Å². The third-order valence-electron chi connectivity index (χ3n) is 5.52. The summed E-state index contributed by atoms with van der Waals surface area (Å²) in [6, 6.07) is 7.05. The summed E-state index contributed by atoms with van der Waals surface area (Å²) in [6.45, 7) is 16.4. The van der Waals surface area contributed by atoms with Crippen LogP contribution in [-0.4, -0.2) is 27.9 Å². The van der Waals surface area contributed by atoms with Crippen molar-refractivity contribution in [1.82, 2.24) is 15.2 Å². The van der Waals surface area contributed by atoms with Gasteiger partial charge in [-0.05, 0) is 51.2 Å². The third-order valence-corrected chi connectivity index (χ3v) is 5.52. The maximum Gasteiger partial charge on any atom is 0.273 e. The molecule has 0 unspecified atom stereocenters. The van der Waals surface area contributed by atoms with Crippen molar-refractivity contribution in [3.8, 4) is 0 Å². The van der Waals surface area contributed by atoms with Crippen molar-refractivity contribution < 1.29 is 9.21 Å². The Morgan fingerprint density at radius 3 is 2.50 bits per heavy atom. The molecule has 0 aliphatic rings. The molecule has 1 aromatic heterocycles. The maximum absolute atomic E-state index is 12.3. The molecular formula is C23H35N3O2. The average molecular weight is 386 g/mol. The van der Waals surface area contributed by atoms with Crippen molar-refractivity contribution in [3.05, 3.63) is 52.7 Å². The van der Waals surface area contributed by atoms with Gasteiger partial charge in [-0.1, -0.05) is 44.5 Å². The summed E-state index contributed by atoms with van der Waals surface area (Å²) in [4.78, 5) is 19.1. The Balaban J connectivity index is 2.16. The second-order valence-electron chi connectivity index (χ2n) is 8.23. The van der Waals surface area contributed by atoms with E-state index in [9.17, 15) is 4.79 Å². The second-order valence-corrected chi connectivity index (χ2v) is 8.23. The number of rotatable bonds is 9. The summed E-state index contributed by atoms with van der Waals surface area (Å²) in [5.41, 5.74) is 4.22. The molecule has 0 spiro atoms. The fourth-order valence-corrected chi connectivity index (χ4v) is 3.07. The van der Waals surface area contributed by atoms with Gasteiger partial charge in [0.2, 0.25) is 5.89 Å². The van der Waals surface area contributed by atoms with E-state index in [2.05, 4.69) is 68.0 Å². The van der Waals surface area contributed by atoms with Gasteiger partial charge in [0.25, 0.3) is 5.91 Å². The normalized spacial score (nSPS) is 13.8. The topological polar surface area (TPSA) is 58.4 Å². The van der Waals surface area contributed by atoms with Gasteiger partial charge in [-0.3, -0.25) is 9.69 Å². The number of carbonyl (C=O) groups is 1. The molecule has 0 saturated carbocycles. The van der Waals surface area contributed by atoms with E-state index in [1.54, 1.807) is 0 Å². The summed E-state index contributed by atoms with van der Waals surface area (Å²) in [5.74, 6) is 0.891. The number of hydrogen-bond acceptors (Lipinski definition) is 4. The molecule has 0 fully saturated rings. The van der Waals surface area contributed by atoms with Crippen LogP contribution in [0.1, 0.15) is 74.1 Å². The predicted octanol–water partition coefficient (Wildman–Crippen LogP) is 4.87. The lowest BCUT2D eigenvalue weighted by atomic mass is 10.0. The maximum atomic E-state index is 12.3. The molecule has 2 aromatic rings. The predicted molar refractivity (Wildman–Crippen MR) is 113 cm³/mol. The van der Waals surface area contributed by atoms with Crippen LogP contribution in [0.3, 0.4) is 0 Å². The van der Waals surface area contributed by atoms with E-state index in [1.165, 1.54) is 23.0 Å². The van der Waals surface area contributed by atoms with Crippen LogP contribution < -0.4 is 5.32 Å². The monoisotopic (exact) mass is 385 g/mol. The van der Waals surface area contributed by atoms with Crippen LogP contribution in [0.25, 0.3) is 0 Å². The highest BCUT2D eigenvalue weighted by Gasteiger charge is 2.22. The van der Waals surface area contributed by atoms with Gasteiger partial charge in [-0.15, -0.1) is 0 Å². The number of nitrogens with one attached hydrogen (secondary N) is 1. The SMILES string of the molecule is CC[C@H](C)NC(=O)c1coc(CN(Cc2ccc(C)cc2C)[C@@H](C)C(C)C)n1. The van der Waals surface area contributed by atoms with E-state index in [0.717, 1.165) is 13.0 Å². The van der Waals surface area contributed by atoms with Crippen molar-refractivity contribution in [2.24, 2.45) is 5.92 Å². The van der Waals surface area contributed by atoms with E-state index in [1.807, 2.05) is 13.8 Å². The number of aromatic nitrogens is 1. The molecule has 1 amide bonds. The number of carbonyl (C=O) groups excluding carboxylic acids is 1. The highest BCUT2D eigenvalue weighted by molar-refractivity contribution is 5.92. The zero-order valence-corrected chi connectivity index (χ0v) is 18.4. The number of benzene rings is 1. The largest absolute Gasteiger partial charge is 0.447 e. The van der Waals surface area contributed by atoms with Gasteiger partial charge in [0, 0.05) is 18.6 Å². The summed E-state index contributed by atoms with van der Waals surface area (Å²) in [6.07, 6.45) is 2.34. The third kappa shape index (κ3) is 5.93. The molecule has 0 aliphatic heterocycles. The molecule has 5 heteroatoms. The van der Waals surface area contributed by atoms with Crippen LogP contribution in [0.15, 0.2) is 28.9 Å². The van der Waals surface area contributed by atoms with Crippen molar-refractivity contribution in [3.63, 3.8) is 0 Å². The molecule has 2 rings (SSSR count). The van der Waals surface area contributed by atoms with E-state index in [4.69, 9.17) is 4.42 Å². The second kappa shape index (κ2) is 9.87. The molecule has 1 N–H and O–H groups in total. The van der Waals surface area contributed by atoms with Gasteiger partial charge in [0.15, 0.2) is 5.69 Å². The average Bonchev–Trinajstić information content (AvgIpc) is 3.11. The zero-order chi connectivity index (χ0) is 20.8. The van der Waals surface area contributed by atoms with Crippen molar-refractivity contribution in [2.75, 3.05) is 0 Å². The number of oxazole rings is 1. The van der Waals surface area contributed by atoms with Crippen LogP contribution in [-0.2, 0) is 13.1 Å². The van der Waals surface area contributed by atoms with E-state index < -0.39 is 0 Å². The van der Waals surface area contributed by atoms with Crippen molar-refractivity contribution >= 4 is 5.91 Å². The van der Waals surface area contributed by atoms with Crippen LogP contribution in [0, 0.1) is 19.8 Å². The van der Waals surface area contributed by atoms with Gasteiger partial charge >= 0.3 is 0 Å². The molecule has 0 aliphatic carbocycles. The summed E-state index contributed by atoms with van der Waals surface area (Å²) < 4.78 is 5.63. The molecule has 1 heterocycles. The Bertz CT molecular complexity index is 782. The van der Waals surface area contributed by atoms with Gasteiger partial charge in [0.05, 0.1) is 6.54 Å². The Morgan fingerprint density at radius 2 is 1.89 bits per heavy atom. The Hall–Kier alpha value is -2.14. The number of amides is 1. The summed E-state index contributed by atoms with van der Waals surface area (Å²) in [7, 11) is 0. The van der Waals surface area contributed by atoms with Crippen molar-refractivity contribution in [2.45, 2.75) is 80.1 Å². The minimum Gasteiger partial charge on any atom is -0.447 e. The molecule has 5 nitrogen and oxygen atoms in total. The molecule has 0 radical (unpaired) electrons. The number of aryl methyl sites for hydroxylation is 2. The fourth-order valence-electron chi connectivity index (χ4n) is 3.07. The lowest BCUT2D eigenvalue weighted by molar-refractivity contribution is 0.0934. The first-order chi connectivity index (χ1) is 13.2. The number of hydrogen-bond donors (Lipinski definition) is 1. The van der Waals surface area contributed by atoms with E-state index in [0.29, 0.717) is 30.1 Å². The fraction of sp³-hybridized carbons (Fsp3) is 0.565. The lowest BCUT2D eigenvalue weighted by Crippen LogP contribution is -2.36. The van der Waals surface area contributed by atoms with Crippen LogP contribution in [0.5, 0.6) is 0 Å². The molecule has 0 bridgehead atoms. The van der Waals surface area contributed by atoms with E-state index >= 15 is 0 Å². The molecule has 28 heavy (non-hydrogen) atoms. The first-order valence-corrected chi connectivity index (χ1v) is 10.3. The van der Waals surface area contributed by atoms with E-state index in [-0.39, 0.29) is 11.9 Å². The van der Waals surface area contributed by atoms with Crippen LogP contribution >= 0.6 is 0 Å². The smallest absolute Gasteiger partial charge is 0.273 e. The van der Waals surface area contributed by atoms with Gasteiger partial charge < -0.3 is 9.73 Å². The number of nitrogens with zero attached hydrogens (tertiary/aromatic N) is 2. The lowest BCUT2D eigenvalue weighted by Gasteiger charge is -2.31. The molecular weight excluding hydrogens is 350 g/mol. The summed E-state index contributed by atoms with van der Waals surface area (Å²) >= 11 is 0. The Kier molecular flexibility index (Phi) is 7.81. The molecule has 1 aromatic carbocycles. The highest BCUT2D eigenvalue weighted by atomic mass is 16.3. The molecule has 0 saturated heterocycles. The minimum atomic E-state index is -0.179. The van der Waals surface area contributed by atoms with Crippen LogP contribution in [0.4, 0.5) is 0 Å². The van der Waals surface area contributed by atoms with Gasteiger partial charge in [-0.25, -0.2) is 4.98 Å². The Morgan fingerprint density at radius 1 is 1.18 bits per heavy atom. The molecule has 2 atom stereocenters. The van der Waals surface area contributed by atoms with Gasteiger partial charge in [-0.2, -0.15) is 0 Å². The Labute approximate surface area is 169 Å². The first kappa shape index (κ1) is 22.2.